The Kier molecular flexibility index (Phi) is 3.76. The number of aliphatic hydroxyl groups excluding tert-OH is 1. The second-order valence-electron chi connectivity index (χ2n) is 3.52. The van der Waals surface area contributed by atoms with Crippen LogP contribution in [0.25, 0.3) is 10.6 Å². The van der Waals surface area contributed by atoms with Crippen molar-refractivity contribution in [1.29, 1.82) is 0 Å². The van der Waals surface area contributed by atoms with Crippen LogP contribution >= 0.6 is 22.9 Å². The van der Waals surface area contributed by atoms with Gasteiger partial charge in [0, 0.05) is 10.4 Å². The van der Waals surface area contributed by atoms with Gasteiger partial charge in [-0.1, -0.05) is 18.5 Å². The Morgan fingerprint density at radius 2 is 2.24 bits per heavy atom. The first-order chi connectivity index (χ1) is 8.15. The second kappa shape index (κ2) is 5.12. The Morgan fingerprint density at radius 1 is 1.47 bits per heavy atom. The molecule has 0 amide bonds. The molecule has 1 aromatic carbocycles. The summed E-state index contributed by atoms with van der Waals surface area (Å²) in [6.45, 7) is 1.92. The summed E-state index contributed by atoms with van der Waals surface area (Å²) in [5.41, 5.74) is 1.38. The van der Waals surface area contributed by atoms with Crippen LogP contribution in [-0.2, 0) is 13.0 Å². The van der Waals surface area contributed by atoms with Crippen molar-refractivity contribution in [3.63, 3.8) is 0 Å². The van der Waals surface area contributed by atoms with Crippen molar-refractivity contribution in [3.05, 3.63) is 39.6 Å². The van der Waals surface area contributed by atoms with Gasteiger partial charge in [0.25, 0.3) is 0 Å². The lowest BCUT2D eigenvalue weighted by molar-refractivity contribution is 0.276. The molecule has 0 saturated carbocycles. The van der Waals surface area contributed by atoms with Crippen LogP contribution in [0.2, 0.25) is 5.02 Å². The van der Waals surface area contributed by atoms with Crippen molar-refractivity contribution >= 4 is 22.9 Å². The Hall–Kier alpha value is -0.970. The lowest BCUT2D eigenvalue weighted by Crippen LogP contribution is -1.88. The van der Waals surface area contributed by atoms with Gasteiger partial charge in [-0.2, -0.15) is 0 Å². The first kappa shape index (κ1) is 12.5. The van der Waals surface area contributed by atoms with Gasteiger partial charge in [0.05, 0.1) is 17.3 Å². The highest BCUT2D eigenvalue weighted by atomic mass is 35.5. The van der Waals surface area contributed by atoms with Crippen molar-refractivity contribution in [2.24, 2.45) is 0 Å². The van der Waals surface area contributed by atoms with Gasteiger partial charge < -0.3 is 5.11 Å². The van der Waals surface area contributed by atoms with E-state index < -0.39 is 0 Å². The maximum absolute atomic E-state index is 12.9. The van der Waals surface area contributed by atoms with Crippen molar-refractivity contribution < 1.29 is 9.50 Å². The smallest absolute Gasteiger partial charge is 0.125 e. The summed E-state index contributed by atoms with van der Waals surface area (Å²) >= 11 is 7.46. The molecule has 0 aliphatic heterocycles. The molecule has 0 saturated heterocycles. The van der Waals surface area contributed by atoms with Crippen molar-refractivity contribution in [3.8, 4) is 10.6 Å². The molecule has 0 aliphatic rings. The Bertz CT molecular complexity index is 520. The Morgan fingerprint density at radius 3 is 2.76 bits per heavy atom. The van der Waals surface area contributed by atoms with Gasteiger partial charge in [-0.3, -0.25) is 0 Å². The molecular weight excluding hydrogens is 261 g/mol. The normalized spacial score (nSPS) is 10.8. The van der Waals surface area contributed by atoms with Gasteiger partial charge >= 0.3 is 0 Å². The summed E-state index contributed by atoms with van der Waals surface area (Å²) in [7, 11) is 0. The number of aryl methyl sites for hydroxylation is 1. The number of nitrogens with zero attached hydrogens (tertiary/aromatic N) is 1. The van der Waals surface area contributed by atoms with Gasteiger partial charge in [-0.05, 0) is 24.6 Å². The van der Waals surface area contributed by atoms with E-state index in [4.69, 9.17) is 11.6 Å². The molecule has 0 aliphatic carbocycles. The number of aromatic nitrogens is 1. The fourth-order valence-corrected chi connectivity index (χ4v) is 2.92. The molecule has 2 rings (SSSR count). The predicted molar refractivity (Wildman–Crippen MR) is 67.8 cm³/mol. The molecule has 2 nitrogen and oxygen atoms in total. The predicted octanol–water partition coefficient (Wildman–Crippen LogP) is 3.66. The number of rotatable bonds is 3. The lowest BCUT2D eigenvalue weighted by Gasteiger charge is -1.99. The molecule has 90 valence electrons. The van der Waals surface area contributed by atoms with E-state index in [-0.39, 0.29) is 12.4 Å². The third-order valence-electron chi connectivity index (χ3n) is 2.41. The molecule has 0 radical (unpaired) electrons. The van der Waals surface area contributed by atoms with Crippen LogP contribution in [0, 0.1) is 5.82 Å². The van der Waals surface area contributed by atoms with Crippen LogP contribution in [0.1, 0.15) is 17.5 Å². The third kappa shape index (κ3) is 2.49. The van der Waals surface area contributed by atoms with Crippen LogP contribution in [0.5, 0.6) is 0 Å². The summed E-state index contributed by atoms with van der Waals surface area (Å²) in [6.07, 6.45) is 0.812. The minimum absolute atomic E-state index is 0.0848. The second-order valence-corrected chi connectivity index (χ2v) is 5.02. The maximum atomic E-state index is 12.9. The van der Waals surface area contributed by atoms with Crippen molar-refractivity contribution in [2.45, 2.75) is 20.0 Å². The highest BCUT2D eigenvalue weighted by molar-refractivity contribution is 7.15. The van der Waals surface area contributed by atoms with E-state index in [0.29, 0.717) is 16.3 Å². The fourth-order valence-electron chi connectivity index (χ4n) is 1.56. The average Bonchev–Trinajstić information content (AvgIpc) is 2.72. The van der Waals surface area contributed by atoms with E-state index in [2.05, 4.69) is 4.98 Å². The zero-order valence-corrected chi connectivity index (χ0v) is 10.8. The molecule has 17 heavy (non-hydrogen) atoms. The van der Waals surface area contributed by atoms with Crippen LogP contribution < -0.4 is 0 Å². The molecule has 2 aromatic rings. The van der Waals surface area contributed by atoms with Gasteiger partial charge in [0.15, 0.2) is 0 Å². The van der Waals surface area contributed by atoms with Gasteiger partial charge in [-0.15, -0.1) is 11.3 Å². The summed E-state index contributed by atoms with van der Waals surface area (Å²) in [5, 5.41) is 10.2. The zero-order valence-electron chi connectivity index (χ0n) is 9.20. The van der Waals surface area contributed by atoms with Crippen LogP contribution in [0.4, 0.5) is 4.39 Å². The van der Waals surface area contributed by atoms with Gasteiger partial charge in [-0.25, -0.2) is 9.37 Å². The summed E-state index contributed by atoms with van der Waals surface area (Å²) in [4.78, 5) is 5.35. The topological polar surface area (TPSA) is 33.1 Å². The van der Waals surface area contributed by atoms with Crippen LogP contribution in [0.3, 0.4) is 0 Å². The van der Waals surface area contributed by atoms with Crippen LogP contribution in [0.15, 0.2) is 18.2 Å². The minimum Gasteiger partial charge on any atom is -0.390 e. The Labute approximate surface area is 108 Å². The van der Waals surface area contributed by atoms with Crippen molar-refractivity contribution in [1.82, 2.24) is 4.98 Å². The zero-order chi connectivity index (χ0) is 12.4. The van der Waals surface area contributed by atoms with Crippen LogP contribution in [-0.4, -0.2) is 10.1 Å². The monoisotopic (exact) mass is 271 g/mol. The van der Waals surface area contributed by atoms with Gasteiger partial charge in [0.2, 0.25) is 0 Å². The largest absolute Gasteiger partial charge is 0.390 e. The highest BCUT2D eigenvalue weighted by Gasteiger charge is 2.13. The molecule has 0 fully saturated rings. The third-order valence-corrected chi connectivity index (χ3v) is 4.00. The molecule has 0 bridgehead atoms. The number of hydrogen-bond donors (Lipinski definition) is 1. The average molecular weight is 272 g/mol. The molecule has 5 heteroatoms. The number of halogens is 2. The Balaban J connectivity index is 2.49. The van der Waals surface area contributed by atoms with E-state index in [0.717, 1.165) is 16.3 Å². The van der Waals surface area contributed by atoms with E-state index in [1.54, 1.807) is 6.07 Å². The molecule has 1 N–H and O–H groups in total. The van der Waals surface area contributed by atoms with Crippen molar-refractivity contribution in [2.75, 3.05) is 0 Å². The first-order valence-corrected chi connectivity index (χ1v) is 6.40. The van der Waals surface area contributed by atoms with E-state index in [1.807, 2.05) is 6.92 Å². The first-order valence-electron chi connectivity index (χ1n) is 5.20. The van der Waals surface area contributed by atoms with E-state index >= 15 is 0 Å². The molecule has 1 heterocycles. The molecule has 1 aromatic heterocycles. The molecular formula is C12H11ClFNOS. The fraction of sp³-hybridized carbons (Fsp3) is 0.250. The quantitative estimate of drug-likeness (QED) is 0.924. The van der Waals surface area contributed by atoms with E-state index in [1.165, 1.54) is 23.5 Å². The standard InChI is InChI=1S/C12H11ClFNOS/c1-2-11-10(6-16)15-12(17-11)8-4-3-7(14)5-9(8)13/h3-5,16H,2,6H2,1H3. The molecule has 0 atom stereocenters. The SMILES string of the molecule is CCc1sc(-c2ccc(F)cc2Cl)nc1CO. The summed E-state index contributed by atoms with van der Waals surface area (Å²) < 4.78 is 12.9. The number of benzene rings is 1. The van der Waals surface area contributed by atoms with Gasteiger partial charge in [0.1, 0.15) is 10.8 Å². The summed E-state index contributed by atoms with van der Waals surface area (Å²) in [6, 6.07) is 4.23. The lowest BCUT2D eigenvalue weighted by atomic mass is 10.2. The highest BCUT2D eigenvalue weighted by Crippen LogP contribution is 2.33. The number of aliphatic hydroxyl groups is 1. The number of thiazole rings is 1. The molecule has 0 unspecified atom stereocenters. The minimum atomic E-state index is -0.367. The summed E-state index contributed by atoms with van der Waals surface area (Å²) in [5.74, 6) is -0.367. The molecule has 0 spiro atoms. The maximum Gasteiger partial charge on any atom is 0.125 e. The van der Waals surface area contributed by atoms with E-state index in [9.17, 15) is 9.50 Å². The number of hydrogen-bond acceptors (Lipinski definition) is 3.